The van der Waals surface area contributed by atoms with Gasteiger partial charge in [0.05, 0.1) is 11.3 Å². The van der Waals surface area contributed by atoms with Gasteiger partial charge in [-0.2, -0.15) is 0 Å². The van der Waals surface area contributed by atoms with Crippen LogP contribution in [0, 0.1) is 6.92 Å². The lowest BCUT2D eigenvalue weighted by atomic mass is 10.0. The van der Waals surface area contributed by atoms with E-state index in [2.05, 4.69) is 10.6 Å². The molecule has 2 aromatic carbocycles. The minimum atomic E-state index is -0.394. The number of hydrogen-bond donors (Lipinski definition) is 2. The lowest BCUT2D eigenvalue weighted by Crippen LogP contribution is -2.19. The van der Waals surface area contributed by atoms with Crippen LogP contribution in [0.1, 0.15) is 4.88 Å². The average Bonchev–Trinajstić information content (AvgIpc) is 3.18. The number of benzene rings is 2. The fourth-order valence-corrected chi connectivity index (χ4v) is 3.92. The molecule has 136 valence electrons. The minimum Gasteiger partial charge on any atom is -0.440 e. The molecule has 0 aliphatic rings. The number of urea groups is 1. The third-order valence-corrected chi connectivity index (χ3v) is 5.54. The van der Waals surface area contributed by atoms with Gasteiger partial charge in [-0.15, -0.1) is 11.3 Å². The van der Waals surface area contributed by atoms with Crippen LogP contribution < -0.4 is 10.6 Å². The molecule has 2 N–H and O–H groups in total. The van der Waals surface area contributed by atoms with E-state index in [0.29, 0.717) is 27.1 Å². The first-order valence-corrected chi connectivity index (χ1v) is 9.75. The Labute approximate surface area is 169 Å². The van der Waals surface area contributed by atoms with Crippen LogP contribution in [0.15, 0.2) is 58.3 Å². The van der Waals surface area contributed by atoms with E-state index in [0.717, 1.165) is 21.5 Å². The molecule has 2 amide bonds. The van der Waals surface area contributed by atoms with Gasteiger partial charge in [-0.1, -0.05) is 41.4 Å². The summed E-state index contributed by atoms with van der Waals surface area (Å²) >= 11 is 14.1. The molecule has 7 heteroatoms. The molecule has 0 atom stereocenters. The highest BCUT2D eigenvalue weighted by Crippen LogP contribution is 2.42. The molecule has 0 saturated carbocycles. The van der Waals surface area contributed by atoms with Crippen LogP contribution in [-0.2, 0) is 0 Å². The van der Waals surface area contributed by atoms with E-state index in [1.54, 1.807) is 35.6 Å². The summed E-state index contributed by atoms with van der Waals surface area (Å²) in [7, 11) is 0. The summed E-state index contributed by atoms with van der Waals surface area (Å²) in [5.41, 5.74) is 2.81. The Kier molecular flexibility index (Phi) is 4.83. The topological polar surface area (TPSA) is 54.3 Å². The van der Waals surface area contributed by atoms with Crippen molar-refractivity contribution in [1.82, 2.24) is 0 Å². The molecule has 0 saturated heterocycles. The number of furan rings is 1. The lowest BCUT2D eigenvalue weighted by Gasteiger charge is -2.08. The molecule has 0 bridgehead atoms. The molecule has 0 spiro atoms. The Morgan fingerprint density at radius 3 is 2.63 bits per heavy atom. The molecule has 4 rings (SSSR count). The number of aryl methyl sites for hydroxylation is 1. The fourth-order valence-electron chi connectivity index (χ4n) is 2.86. The maximum absolute atomic E-state index is 12.5. The highest BCUT2D eigenvalue weighted by atomic mass is 35.5. The molecule has 0 radical (unpaired) electrons. The highest BCUT2D eigenvalue weighted by molar-refractivity contribution is 7.10. The van der Waals surface area contributed by atoms with Crippen LogP contribution in [0.4, 0.5) is 16.4 Å². The first-order valence-electron chi connectivity index (χ1n) is 8.12. The maximum atomic E-state index is 12.5. The van der Waals surface area contributed by atoms with Gasteiger partial charge in [0.2, 0.25) is 5.88 Å². The SMILES string of the molecule is Cc1sccc1NC(=O)Nc1oc2ccc(Cl)cc2c1-c1ccccc1Cl. The Bertz CT molecular complexity index is 1150. The van der Waals surface area contributed by atoms with E-state index < -0.39 is 6.03 Å². The predicted molar refractivity (Wildman–Crippen MR) is 113 cm³/mol. The zero-order valence-electron chi connectivity index (χ0n) is 14.2. The van der Waals surface area contributed by atoms with Gasteiger partial charge < -0.3 is 9.73 Å². The van der Waals surface area contributed by atoms with E-state index in [9.17, 15) is 4.79 Å². The number of rotatable bonds is 3. The van der Waals surface area contributed by atoms with Gasteiger partial charge in [-0.3, -0.25) is 5.32 Å². The van der Waals surface area contributed by atoms with Crippen LogP contribution in [-0.4, -0.2) is 6.03 Å². The molecule has 0 fully saturated rings. The second-order valence-corrected chi connectivity index (χ2v) is 7.86. The van der Waals surface area contributed by atoms with Crippen molar-refractivity contribution in [3.63, 3.8) is 0 Å². The van der Waals surface area contributed by atoms with E-state index in [1.807, 2.05) is 36.6 Å². The van der Waals surface area contributed by atoms with Crippen LogP contribution in [0.5, 0.6) is 0 Å². The summed E-state index contributed by atoms with van der Waals surface area (Å²) in [5.74, 6) is 0.311. The molecule has 4 nitrogen and oxygen atoms in total. The monoisotopic (exact) mass is 416 g/mol. The average molecular weight is 417 g/mol. The standard InChI is InChI=1S/C20H14Cl2N2O2S/c1-11-16(8-9-27-11)23-20(25)24-19-18(13-4-2-3-5-15(13)22)14-10-12(21)6-7-17(14)26-19/h2-10H,1H3,(H2,23,24,25). The van der Waals surface area contributed by atoms with Crippen molar-refractivity contribution < 1.29 is 9.21 Å². The number of amides is 2. The van der Waals surface area contributed by atoms with Gasteiger partial charge >= 0.3 is 6.03 Å². The van der Waals surface area contributed by atoms with Gasteiger partial charge in [0.1, 0.15) is 5.58 Å². The first-order chi connectivity index (χ1) is 13.0. The summed E-state index contributed by atoms with van der Waals surface area (Å²) in [6, 6.07) is 14.2. The molecular formula is C20H14Cl2N2O2S. The molecule has 0 aliphatic carbocycles. The van der Waals surface area contributed by atoms with Crippen molar-refractivity contribution >= 4 is 63.1 Å². The van der Waals surface area contributed by atoms with Gasteiger partial charge in [-0.05, 0) is 42.6 Å². The second-order valence-electron chi connectivity index (χ2n) is 5.90. The zero-order valence-corrected chi connectivity index (χ0v) is 16.5. The van der Waals surface area contributed by atoms with Gasteiger partial charge in [-0.25, -0.2) is 4.79 Å². The highest BCUT2D eigenvalue weighted by Gasteiger charge is 2.20. The first kappa shape index (κ1) is 17.9. The van der Waals surface area contributed by atoms with E-state index in [4.69, 9.17) is 27.6 Å². The number of hydrogen-bond acceptors (Lipinski definition) is 3. The van der Waals surface area contributed by atoms with Gasteiger partial charge in [0, 0.05) is 25.9 Å². The summed E-state index contributed by atoms with van der Waals surface area (Å²) in [5, 5.41) is 9.45. The molecule has 2 heterocycles. The Hall–Kier alpha value is -2.47. The van der Waals surface area contributed by atoms with Gasteiger partial charge in [0.15, 0.2) is 0 Å². The Morgan fingerprint density at radius 2 is 1.89 bits per heavy atom. The third kappa shape index (κ3) is 3.54. The Morgan fingerprint density at radius 1 is 1.07 bits per heavy atom. The third-order valence-electron chi connectivity index (χ3n) is 4.13. The quantitative estimate of drug-likeness (QED) is 0.364. The van der Waals surface area contributed by atoms with E-state index >= 15 is 0 Å². The predicted octanol–water partition coefficient (Wildman–Crippen LogP) is 7.42. The van der Waals surface area contributed by atoms with Crippen LogP contribution in [0.25, 0.3) is 22.1 Å². The number of anilines is 2. The van der Waals surface area contributed by atoms with Crippen molar-refractivity contribution in [1.29, 1.82) is 0 Å². The summed E-state index contributed by atoms with van der Waals surface area (Å²) in [6.45, 7) is 1.94. The summed E-state index contributed by atoms with van der Waals surface area (Å²) in [4.78, 5) is 13.5. The number of halogens is 2. The fraction of sp³-hybridized carbons (Fsp3) is 0.0500. The Balaban J connectivity index is 1.78. The lowest BCUT2D eigenvalue weighted by molar-refractivity contribution is 0.261. The summed E-state index contributed by atoms with van der Waals surface area (Å²) < 4.78 is 5.90. The zero-order chi connectivity index (χ0) is 19.0. The van der Waals surface area contributed by atoms with Crippen LogP contribution in [0.3, 0.4) is 0 Å². The van der Waals surface area contributed by atoms with Crippen molar-refractivity contribution in [2.24, 2.45) is 0 Å². The molecule has 0 aliphatic heterocycles. The number of thiophene rings is 1. The normalized spacial score (nSPS) is 10.9. The van der Waals surface area contributed by atoms with Gasteiger partial charge in [0.25, 0.3) is 0 Å². The van der Waals surface area contributed by atoms with Crippen molar-refractivity contribution in [3.8, 4) is 11.1 Å². The molecule has 27 heavy (non-hydrogen) atoms. The van der Waals surface area contributed by atoms with Crippen molar-refractivity contribution in [3.05, 3.63) is 68.8 Å². The molecule has 0 unspecified atom stereocenters. The molecular weight excluding hydrogens is 403 g/mol. The summed E-state index contributed by atoms with van der Waals surface area (Å²) in [6.07, 6.45) is 0. The number of fused-ring (bicyclic) bond motifs is 1. The van der Waals surface area contributed by atoms with Crippen LogP contribution >= 0.6 is 34.5 Å². The molecule has 2 aromatic heterocycles. The van der Waals surface area contributed by atoms with E-state index in [1.165, 1.54) is 0 Å². The van der Waals surface area contributed by atoms with E-state index in [-0.39, 0.29) is 0 Å². The number of nitrogens with one attached hydrogen (secondary N) is 2. The van der Waals surface area contributed by atoms with Crippen molar-refractivity contribution in [2.75, 3.05) is 10.6 Å². The largest absolute Gasteiger partial charge is 0.440 e. The van der Waals surface area contributed by atoms with Crippen LogP contribution in [0.2, 0.25) is 10.0 Å². The second kappa shape index (κ2) is 7.27. The maximum Gasteiger partial charge on any atom is 0.326 e. The smallest absolute Gasteiger partial charge is 0.326 e. The molecule has 4 aromatic rings. The van der Waals surface area contributed by atoms with Crippen molar-refractivity contribution in [2.45, 2.75) is 6.92 Å². The number of carbonyl (C=O) groups is 1. The number of carbonyl (C=O) groups excluding carboxylic acids is 1. The minimum absolute atomic E-state index is 0.311.